The lowest BCUT2D eigenvalue weighted by Gasteiger charge is -2.25. The molecule has 0 atom stereocenters. The SMILES string of the molecule is C=C(C)C(=O)O.C=C(C)C(=O)OCC(OC1CCCC1)OC1CCCC1. The van der Waals surface area contributed by atoms with Crippen molar-refractivity contribution < 1.29 is 28.9 Å². The van der Waals surface area contributed by atoms with Gasteiger partial charge in [0.05, 0.1) is 12.2 Å². The Labute approximate surface area is 156 Å². The number of hydrogen-bond donors (Lipinski definition) is 1. The molecule has 2 rings (SSSR count). The summed E-state index contributed by atoms with van der Waals surface area (Å²) in [5.41, 5.74) is 0.584. The maximum Gasteiger partial charge on any atom is 0.333 e. The number of ether oxygens (including phenoxy) is 3. The van der Waals surface area contributed by atoms with E-state index >= 15 is 0 Å². The van der Waals surface area contributed by atoms with E-state index in [-0.39, 0.29) is 30.4 Å². The summed E-state index contributed by atoms with van der Waals surface area (Å²) in [5, 5.41) is 7.89. The van der Waals surface area contributed by atoms with Gasteiger partial charge in [-0.25, -0.2) is 9.59 Å². The van der Waals surface area contributed by atoms with Gasteiger partial charge in [0.25, 0.3) is 0 Å². The first-order valence-corrected chi connectivity index (χ1v) is 9.32. The maximum atomic E-state index is 11.5. The van der Waals surface area contributed by atoms with Crippen LogP contribution in [-0.2, 0) is 23.8 Å². The van der Waals surface area contributed by atoms with Crippen molar-refractivity contribution in [1.29, 1.82) is 0 Å². The Kier molecular flexibility index (Phi) is 10.2. The highest BCUT2D eigenvalue weighted by atomic mass is 16.7. The minimum Gasteiger partial charge on any atom is -0.478 e. The Hall–Kier alpha value is -1.66. The van der Waals surface area contributed by atoms with Crippen LogP contribution in [0, 0.1) is 0 Å². The van der Waals surface area contributed by atoms with Crippen molar-refractivity contribution in [3.05, 3.63) is 24.3 Å². The zero-order valence-electron chi connectivity index (χ0n) is 16.0. The molecule has 26 heavy (non-hydrogen) atoms. The first-order valence-electron chi connectivity index (χ1n) is 9.32. The van der Waals surface area contributed by atoms with Gasteiger partial charge in [0.2, 0.25) is 0 Å². The Balaban J connectivity index is 0.000000487. The molecule has 148 valence electrons. The van der Waals surface area contributed by atoms with Crippen LogP contribution in [0.25, 0.3) is 0 Å². The Morgan fingerprint density at radius 3 is 1.62 bits per heavy atom. The van der Waals surface area contributed by atoms with E-state index in [1.807, 2.05) is 0 Å². The third-order valence-electron chi connectivity index (χ3n) is 4.36. The second-order valence-corrected chi connectivity index (χ2v) is 6.98. The first-order chi connectivity index (χ1) is 12.3. The van der Waals surface area contributed by atoms with Gasteiger partial charge in [-0.15, -0.1) is 0 Å². The molecular weight excluding hydrogens is 336 g/mol. The number of esters is 1. The fraction of sp³-hybridized carbons (Fsp3) is 0.700. The molecule has 0 aromatic rings. The molecule has 0 aliphatic heterocycles. The summed E-state index contributed by atoms with van der Waals surface area (Å²) >= 11 is 0. The summed E-state index contributed by atoms with van der Waals surface area (Å²) in [6, 6.07) is 0. The lowest BCUT2D eigenvalue weighted by molar-refractivity contribution is -0.214. The number of hydrogen-bond acceptors (Lipinski definition) is 5. The second-order valence-electron chi connectivity index (χ2n) is 6.98. The van der Waals surface area contributed by atoms with Crippen LogP contribution in [0.3, 0.4) is 0 Å². The van der Waals surface area contributed by atoms with E-state index in [1.54, 1.807) is 6.92 Å². The van der Waals surface area contributed by atoms with Crippen LogP contribution in [0.15, 0.2) is 24.3 Å². The van der Waals surface area contributed by atoms with Gasteiger partial charge in [-0.3, -0.25) is 0 Å². The van der Waals surface area contributed by atoms with Gasteiger partial charge in [-0.2, -0.15) is 0 Å². The fourth-order valence-electron chi connectivity index (χ4n) is 2.86. The molecule has 0 amide bonds. The molecule has 0 spiro atoms. The molecule has 0 radical (unpaired) electrons. The number of carboxylic acid groups (broad SMARTS) is 1. The summed E-state index contributed by atoms with van der Waals surface area (Å²) < 4.78 is 17.1. The van der Waals surface area contributed by atoms with Gasteiger partial charge >= 0.3 is 11.9 Å². The molecule has 6 heteroatoms. The summed E-state index contributed by atoms with van der Waals surface area (Å²) in [6.07, 6.45) is 9.27. The van der Waals surface area contributed by atoms with Gasteiger partial charge in [0.15, 0.2) is 6.29 Å². The molecule has 0 aromatic carbocycles. The van der Waals surface area contributed by atoms with E-state index in [1.165, 1.54) is 32.6 Å². The average Bonchev–Trinajstić information content (AvgIpc) is 3.26. The van der Waals surface area contributed by atoms with Gasteiger partial charge in [-0.05, 0) is 39.5 Å². The standard InChI is InChI=1S/C16H26O4.C4H6O2/c1-12(2)16(17)18-11-15(19-13-7-3-4-8-13)20-14-9-5-6-10-14;1-3(2)4(5)6/h13-15H,1,3-11H2,2H3;1H2,2H3,(H,5,6). The molecule has 0 unspecified atom stereocenters. The molecule has 0 heterocycles. The molecule has 2 saturated carbocycles. The van der Waals surface area contributed by atoms with Gasteiger partial charge in [-0.1, -0.05) is 38.8 Å². The van der Waals surface area contributed by atoms with Crippen LogP contribution in [0.2, 0.25) is 0 Å². The van der Waals surface area contributed by atoms with E-state index in [9.17, 15) is 9.59 Å². The molecular formula is C20H32O6. The molecule has 2 aliphatic rings. The molecule has 2 aliphatic carbocycles. The van der Waals surface area contributed by atoms with E-state index in [0.717, 1.165) is 25.7 Å². The average molecular weight is 368 g/mol. The molecule has 2 fully saturated rings. The van der Waals surface area contributed by atoms with Crippen molar-refractivity contribution in [3.63, 3.8) is 0 Å². The lowest BCUT2D eigenvalue weighted by atomic mass is 10.3. The van der Waals surface area contributed by atoms with Gasteiger partial charge in [0, 0.05) is 11.1 Å². The number of carboxylic acids is 1. The van der Waals surface area contributed by atoms with Gasteiger partial charge in [0.1, 0.15) is 6.61 Å². The Morgan fingerprint density at radius 2 is 1.31 bits per heavy atom. The third-order valence-corrected chi connectivity index (χ3v) is 4.36. The number of rotatable bonds is 8. The molecule has 0 saturated heterocycles. The molecule has 0 bridgehead atoms. The lowest BCUT2D eigenvalue weighted by Crippen LogP contribution is -2.32. The Morgan fingerprint density at radius 1 is 0.923 bits per heavy atom. The highest BCUT2D eigenvalue weighted by Crippen LogP contribution is 2.26. The van der Waals surface area contributed by atoms with E-state index in [4.69, 9.17) is 19.3 Å². The predicted molar refractivity (Wildman–Crippen MR) is 98.7 cm³/mol. The van der Waals surface area contributed by atoms with Crippen LogP contribution in [0.5, 0.6) is 0 Å². The number of carbonyl (C=O) groups is 2. The predicted octanol–water partition coefficient (Wildman–Crippen LogP) is 4.00. The van der Waals surface area contributed by atoms with Crippen molar-refractivity contribution in [2.24, 2.45) is 0 Å². The Bertz CT molecular complexity index is 457. The number of aliphatic carboxylic acids is 1. The maximum absolute atomic E-state index is 11.5. The zero-order valence-corrected chi connectivity index (χ0v) is 16.0. The third kappa shape index (κ3) is 9.15. The topological polar surface area (TPSA) is 82.1 Å². The van der Waals surface area contributed by atoms with E-state index in [2.05, 4.69) is 13.2 Å². The van der Waals surface area contributed by atoms with Crippen LogP contribution >= 0.6 is 0 Å². The second kappa shape index (κ2) is 11.9. The van der Waals surface area contributed by atoms with Crippen molar-refractivity contribution in [1.82, 2.24) is 0 Å². The highest BCUT2D eigenvalue weighted by Gasteiger charge is 2.26. The van der Waals surface area contributed by atoms with Crippen LogP contribution in [-0.4, -0.2) is 42.1 Å². The van der Waals surface area contributed by atoms with Crippen molar-refractivity contribution in [2.45, 2.75) is 83.7 Å². The summed E-state index contributed by atoms with van der Waals surface area (Å²) in [4.78, 5) is 21.1. The summed E-state index contributed by atoms with van der Waals surface area (Å²) in [5.74, 6) is -1.31. The van der Waals surface area contributed by atoms with Crippen LogP contribution in [0.4, 0.5) is 0 Å². The van der Waals surface area contributed by atoms with E-state index in [0.29, 0.717) is 5.57 Å². The fourth-order valence-corrected chi connectivity index (χ4v) is 2.86. The molecule has 6 nitrogen and oxygen atoms in total. The minimum atomic E-state index is -0.935. The monoisotopic (exact) mass is 368 g/mol. The summed E-state index contributed by atoms with van der Waals surface area (Å²) in [6.45, 7) is 10.00. The van der Waals surface area contributed by atoms with Gasteiger partial charge < -0.3 is 19.3 Å². The quantitative estimate of drug-likeness (QED) is 0.396. The van der Waals surface area contributed by atoms with Crippen molar-refractivity contribution in [2.75, 3.05) is 6.61 Å². The van der Waals surface area contributed by atoms with Crippen molar-refractivity contribution in [3.8, 4) is 0 Å². The largest absolute Gasteiger partial charge is 0.478 e. The van der Waals surface area contributed by atoms with Crippen LogP contribution in [0.1, 0.15) is 65.2 Å². The van der Waals surface area contributed by atoms with E-state index < -0.39 is 12.3 Å². The first kappa shape index (κ1) is 22.4. The van der Waals surface area contributed by atoms with Crippen LogP contribution < -0.4 is 0 Å². The minimum absolute atomic E-state index is 0.165. The molecule has 0 aromatic heterocycles. The smallest absolute Gasteiger partial charge is 0.333 e. The molecule has 1 N–H and O–H groups in total. The highest BCUT2D eigenvalue weighted by molar-refractivity contribution is 5.86. The normalized spacial score (nSPS) is 17.7. The van der Waals surface area contributed by atoms with Crippen molar-refractivity contribution >= 4 is 11.9 Å². The number of carbonyl (C=O) groups excluding carboxylic acids is 1. The zero-order chi connectivity index (χ0) is 19.5. The summed E-state index contributed by atoms with van der Waals surface area (Å²) in [7, 11) is 0.